The molecule has 0 fully saturated rings. The molecule has 0 saturated carbocycles. The molecule has 0 aliphatic heterocycles. The van der Waals surface area contributed by atoms with E-state index >= 15 is 0 Å². The highest BCUT2D eigenvalue weighted by atomic mass is 16.5. The molecule has 1 aliphatic carbocycles. The Labute approximate surface area is 212 Å². The predicted octanol–water partition coefficient (Wildman–Crippen LogP) is 4.36. The number of aliphatic hydroxyl groups excluding tert-OH is 1. The third-order valence-corrected chi connectivity index (χ3v) is 6.58. The molecule has 1 aromatic heterocycles. The average molecular weight is 497 g/mol. The number of methoxy groups -OCH3 is 2. The highest BCUT2D eigenvalue weighted by molar-refractivity contribution is 6.52. The highest BCUT2D eigenvalue weighted by Crippen LogP contribution is 2.42. The molecule has 1 heterocycles. The smallest absolute Gasteiger partial charge is 0.275 e. The monoisotopic (exact) mass is 496 g/mol. The van der Waals surface area contributed by atoms with Crippen molar-refractivity contribution >= 4 is 17.3 Å². The van der Waals surface area contributed by atoms with Crippen molar-refractivity contribution in [3.8, 4) is 17.2 Å². The fourth-order valence-corrected chi connectivity index (χ4v) is 4.82. The molecule has 186 valence electrons. The van der Waals surface area contributed by atoms with Gasteiger partial charge in [-0.05, 0) is 36.8 Å². The lowest BCUT2D eigenvalue weighted by Gasteiger charge is -2.25. The Kier molecular flexibility index (Phi) is 6.01. The van der Waals surface area contributed by atoms with Gasteiger partial charge in [-0.15, -0.1) is 0 Å². The van der Waals surface area contributed by atoms with Gasteiger partial charge >= 0.3 is 0 Å². The van der Waals surface area contributed by atoms with E-state index in [9.17, 15) is 19.5 Å². The molecule has 2 N–H and O–H groups in total. The number of H-pyrrole nitrogens is 1. The summed E-state index contributed by atoms with van der Waals surface area (Å²) in [5, 5.41) is 14.4. The Morgan fingerprint density at radius 2 is 1.46 bits per heavy atom. The molecular formula is C29H24N2O6. The standard InChI is InChI=1S/C29H24N2O6/c1-16-23(29(35)31(30-16)18-9-5-4-6-10-18)24(17-13-14-21(36-2)22(15-17)37-3)25-26(32)19-11-7-8-12-20(19)27(33)28(25)34/h4-15,24,30,32H,1-3H3. The Morgan fingerprint density at radius 1 is 0.811 bits per heavy atom. The van der Waals surface area contributed by atoms with Crippen LogP contribution in [0.5, 0.6) is 11.5 Å². The van der Waals surface area contributed by atoms with Crippen molar-refractivity contribution in [1.82, 2.24) is 9.78 Å². The number of hydrogen-bond acceptors (Lipinski definition) is 6. The zero-order chi connectivity index (χ0) is 26.3. The van der Waals surface area contributed by atoms with Crippen LogP contribution in [0, 0.1) is 6.92 Å². The zero-order valence-electron chi connectivity index (χ0n) is 20.4. The molecule has 8 nitrogen and oxygen atoms in total. The predicted molar refractivity (Wildman–Crippen MR) is 138 cm³/mol. The second-order valence-electron chi connectivity index (χ2n) is 8.64. The van der Waals surface area contributed by atoms with Gasteiger partial charge in [-0.1, -0.05) is 48.5 Å². The number of allylic oxidation sites excluding steroid dienone is 1. The number of benzene rings is 3. The summed E-state index contributed by atoms with van der Waals surface area (Å²) >= 11 is 0. The Hall–Kier alpha value is -4.85. The lowest BCUT2D eigenvalue weighted by atomic mass is 9.76. The summed E-state index contributed by atoms with van der Waals surface area (Å²) in [6.45, 7) is 1.71. The van der Waals surface area contributed by atoms with Crippen molar-refractivity contribution in [2.24, 2.45) is 0 Å². The first-order valence-corrected chi connectivity index (χ1v) is 11.6. The molecule has 4 aromatic rings. The molecular weight excluding hydrogens is 472 g/mol. The van der Waals surface area contributed by atoms with Crippen LogP contribution in [0.4, 0.5) is 0 Å². The number of aromatic amines is 1. The number of aryl methyl sites for hydroxylation is 1. The largest absolute Gasteiger partial charge is 0.507 e. The van der Waals surface area contributed by atoms with Gasteiger partial charge in [-0.2, -0.15) is 0 Å². The molecule has 5 rings (SSSR count). The normalized spacial score (nSPS) is 13.9. The number of aromatic nitrogens is 2. The number of Topliss-reactive ketones (excluding diaryl/α,β-unsaturated/α-hetero) is 2. The fourth-order valence-electron chi connectivity index (χ4n) is 4.82. The second-order valence-corrected chi connectivity index (χ2v) is 8.64. The van der Waals surface area contributed by atoms with E-state index in [-0.39, 0.29) is 28.0 Å². The Balaban J connectivity index is 1.83. The van der Waals surface area contributed by atoms with E-state index in [1.807, 2.05) is 6.07 Å². The lowest BCUT2D eigenvalue weighted by Crippen LogP contribution is -2.30. The number of hydrogen-bond donors (Lipinski definition) is 2. The topological polar surface area (TPSA) is 111 Å². The van der Waals surface area contributed by atoms with Crippen LogP contribution in [0.25, 0.3) is 11.4 Å². The summed E-state index contributed by atoms with van der Waals surface area (Å²) in [6, 6.07) is 20.3. The van der Waals surface area contributed by atoms with E-state index in [1.165, 1.54) is 25.0 Å². The first kappa shape index (κ1) is 23.9. The van der Waals surface area contributed by atoms with Gasteiger partial charge in [0, 0.05) is 22.7 Å². The van der Waals surface area contributed by atoms with Gasteiger partial charge in [0.2, 0.25) is 11.6 Å². The number of aliphatic hydroxyl groups is 1. The minimum absolute atomic E-state index is 0.118. The van der Waals surface area contributed by atoms with E-state index in [2.05, 4.69) is 5.10 Å². The summed E-state index contributed by atoms with van der Waals surface area (Å²) in [5.74, 6) is -2.21. The third-order valence-electron chi connectivity index (χ3n) is 6.58. The van der Waals surface area contributed by atoms with Gasteiger partial charge in [0.15, 0.2) is 11.5 Å². The van der Waals surface area contributed by atoms with E-state index in [0.717, 1.165) is 0 Å². The summed E-state index contributed by atoms with van der Waals surface area (Å²) in [5.41, 5.74) is 1.54. The van der Waals surface area contributed by atoms with Crippen LogP contribution < -0.4 is 15.0 Å². The summed E-state index contributed by atoms with van der Waals surface area (Å²) in [7, 11) is 2.97. The molecule has 1 atom stereocenters. The second kappa shape index (κ2) is 9.31. The Morgan fingerprint density at radius 3 is 2.14 bits per heavy atom. The number of fused-ring (bicyclic) bond motifs is 1. The van der Waals surface area contributed by atoms with E-state index in [1.54, 1.807) is 67.6 Å². The van der Waals surface area contributed by atoms with Crippen molar-refractivity contribution in [1.29, 1.82) is 0 Å². The van der Waals surface area contributed by atoms with Gasteiger partial charge in [-0.25, -0.2) is 4.68 Å². The zero-order valence-corrected chi connectivity index (χ0v) is 20.4. The number of rotatable bonds is 6. The van der Waals surface area contributed by atoms with Crippen LogP contribution in [0.3, 0.4) is 0 Å². The molecule has 0 bridgehead atoms. The third kappa shape index (κ3) is 3.83. The quantitative estimate of drug-likeness (QED) is 0.384. The van der Waals surface area contributed by atoms with Gasteiger partial charge in [0.05, 0.1) is 31.0 Å². The number of nitrogens with one attached hydrogen (secondary N) is 1. The number of ether oxygens (including phenoxy) is 2. The SMILES string of the molecule is COc1ccc(C(C2=C(O)c3ccccc3C(=O)C2=O)c2c(C)[nH]n(-c3ccccc3)c2=O)cc1OC. The molecule has 0 saturated heterocycles. The van der Waals surface area contributed by atoms with Gasteiger partial charge in [0.1, 0.15) is 5.76 Å². The Bertz CT molecular complexity index is 1630. The minimum atomic E-state index is -1.07. The van der Waals surface area contributed by atoms with Crippen LogP contribution in [-0.4, -0.2) is 40.7 Å². The van der Waals surface area contributed by atoms with E-state index < -0.39 is 23.0 Å². The number of carbonyl (C=O) groups is 2. The van der Waals surface area contributed by atoms with Crippen LogP contribution in [-0.2, 0) is 4.79 Å². The molecule has 0 radical (unpaired) electrons. The number of ketones is 2. The van der Waals surface area contributed by atoms with Crippen molar-refractivity contribution in [3.05, 3.63) is 117 Å². The molecule has 3 aromatic carbocycles. The van der Waals surface area contributed by atoms with Crippen LogP contribution in [0.2, 0.25) is 0 Å². The summed E-state index contributed by atoms with van der Waals surface area (Å²) in [4.78, 5) is 40.5. The number of para-hydroxylation sites is 1. The highest BCUT2D eigenvalue weighted by Gasteiger charge is 2.40. The lowest BCUT2D eigenvalue weighted by molar-refractivity contribution is -0.112. The van der Waals surface area contributed by atoms with Crippen molar-refractivity contribution in [3.63, 3.8) is 0 Å². The first-order valence-electron chi connectivity index (χ1n) is 11.6. The van der Waals surface area contributed by atoms with Crippen molar-refractivity contribution in [2.75, 3.05) is 14.2 Å². The number of nitrogens with zero attached hydrogens (tertiary/aromatic N) is 1. The van der Waals surface area contributed by atoms with Crippen molar-refractivity contribution in [2.45, 2.75) is 12.8 Å². The maximum absolute atomic E-state index is 13.8. The molecule has 0 spiro atoms. The van der Waals surface area contributed by atoms with Crippen LogP contribution >= 0.6 is 0 Å². The summed E-state index contributed by atoms with van der Waals surface area (Å²) < 4.78 is 12.2. The van der Waals surface area contributed by atoms with E-state index in [4.69, 9.17) is 9.47 Å². The maximum Gasteiger partial charge on any atom is 0.275 e. The molecule has 8 heteroatoms. The van der Waals surface area contributed by atoms with Gasteiger partial charge in [0.25, 0.3) is 5.56 Å². The molecule has 0 amide bonds. The van der Waals surface area contributed by atoms with Gasteiger partial charge in [-0.3, -0.25) is 19.5 Å². The maximum atomic E-state index is 13.8. The van der Waals surface area contributed by atoms with Gasteiger partial charge < -0.3 is 14.6 Å². The van der Waals surface area contributed by atoms with Crippen LogP contribution in [0.1, 0.15) is 38.7 Å². The molecule has 1 aliphatic rings. The number of carbonyl (C=O) groups excluding carboxylic acids is 2. The first-order chi connectivity index (χ1) is 17.9. The molecule has 1 unspecified atom stereocenters. The molecule has 37 heavy (non-hydrogen) atoms. The van der Waals surface area contributed by atoms with E-state index in [0.29, 0.717) is 28.4 Å². The fraction of sp³-hybridized carbons (Fsp3) is 0.138. The van der Waals surface area contributed by atoms with Crippen molar-refractivity contribution < 1.29 is 24.2 Å². The minimum Gasteiger partial charge on any atom is -0.507 e. The average Bonchev–Trinajstić information content (AvgIpc) is 3.23. The summed E-state index contributed by atoms with van der Waals surface area (Å²) in [6.07, 6.45) is 0. The van der Waals surface area contributed by atoms with Crippen LogP contribution in [0.15, 0.2) is 83.2 Å².